The molecule has 0 aliphatic carbocycles. The van der Waals surface area contributed by atoms with E-state index in [0.717, 1.165) is 5.56 Å². The van der Waals surface area contributed by atoms with Crippen LogP contribution in [-0.4, -0.2) is 5.97 Å². The highest BCUT2D eigenvalue weighted by atomic mass is 16.6. The van der Waals surface area contributed by atoms with Gasteiger partial charge in [-0.05, 0) is 19.9 Å². The Labute approximate surface area is 98.6 Å². The molecule has 1 aliphatic heterocycles. The second-order valence-electron chi connectivity index (χ2n) is 3.45. The Bertz CT molecular complexity index is 340. The summed E-state index contributed by atoms with van der Waals surface area (Å²) in [7, 11) is 0. The summed E-state index contributed by atoms with van der Waals surface area (Å²) in [6.45, 7) is 11.8. The molecule has 1 heterocycles. The van der Waals surface area contributed by atoms with Crippen LogP contribution in [0.25, 0.3) is 0 Å². The maximum Gasteiger partial charge on any atom is 0.339 e. The standard InChI is InChI=1S/C10H10O2.2C2H6/c1-10(2)8-6-4-3-5-7(8)9(11)12-10;2*1-2/h3-6H,1-2H3;2*1-2H3. The number of rotatable bonds is 0. The fraction of sp³-hybridized carbons (Fsp3) is 0.500. The minimum Gasteiger partial charge on any atom is -0.451 e. The Kier molecular flexibility index (Phi) is 5.79. The van der Waals surface area contributed by atoms with Gasteiger partial charge in [-0.25, -0.2) is 4.79 Å². The zero-order valence-electron chi connectivity index (χ0n) is 11.1. The van der Waals surface area contributed by atoms with Crippen molar-refractivity contribution in [1.82, 2.24) is 0 Å². The number of carbonyl (C=O) groups is 1. The third-order valence-corrected chi connectivity index (χ3v) is 2.14. The summed E-state index contributed by atoms with van der Waals surface area (Å²) in [4.78, 5) is 11.3. The van der Waals surface area contributed by atoms with Crippen LogP contribution < -0.4 is 0 Å². The van der Waals surface area contributed by atoms with Gasteiger partial charge < -0.3 is 4.74 Å². The van der Waals surface area contributed by atoms with Crippen molar-refractivity contribution in [2.24, 2.45) is 0 Å². The molecule has 0 saturated heterocycles. The van der Waals surface area contributed by atoms with E-state index in [4.69, 9.17) is 4.74 Å². The number of benzene rings is 1. The number of carbonyl (C=O) groups excluding carboxylic acids is 1. The van der Waals surface area contributed by atoms with E-state index in [1.807, 2.05) is 59.7 Å². The maximum atomic E-state index is 11.3. The van der Waals surface area contributed by atoms with E-state index in [9.17, 15) is 4.79 Å². The molecule has 0 unspecified atom stereocenters. The summed E-state index contributed by atoms with van der Waals surface area (Å²) < 4.78 is 5.18. The van der Waals surface area contributed by atoms with E-state index in [0.29, 0.717) is 5.56 Å². The van der Waals surface area contributed by atoms with Gasteiger partial charge in [0, 0.05) is 5.56 Å². The fourth-order valence-electron chi connectivity index (χ4n) is 1.53. The monoisotopic (exact) mass is 222 g/mol. The van der Waals surface area contributed by atoms with Crippen molar-refractivity contribution in [3.05, 3.63) is 35.4 Å². The molecule has 1 aromatic carbocycles. The molecule has 2 rings (SSSR count). The molecule has 16 heavy (non-hydrogen) atoms. The molecule has 1 aliphatic rings. The van der Waals surface area contributed by atoms with E-state index >= 15 is 0 Å². The summed E-state index contributed by atoms with van der Waals surface area (Å²) in [5.74, 6) is -0.212. The van der Waals surface area contributed by atoms with E-state index in [2.05, 4.69) is 0 Å². The average Bonchev–Trinajstić information content (AvgIpc) is 2.56. The number of hydrogen-bond donors (Lipinski definition) is 0. The van der Waals surface area contributed by atoms with Crippen LogP contribution in [0.3, 0.4) is 0 Å². The van der Waals surface area contributed by atoms with E-state index in [1.165, 1.54) is 0 Å². The number of esters is 1. The lowest BCUT2D eigenvalue weighted by Gasteiger charge is -2.16. The van der Waals surface area contributed by atoms with Crippen LogP contribution in [0, 0.1) is 0 Å². The Hall–Kier alpha value is -1.31. The first kappa shape index (κ1) is 14.7. The summed E-state index contributed by atoms with van der Waals surface area (Å²) in [6.07, 6.45) is 0. The predicted octanol–water partition coefficient (Wildman–Crippen LogP) is 4.14. The Morgan fingerprint density at radius 2 is 1.50 bits per heavy atom. The number of hydrogen-bond acceptors (Lipinski definition) is 2. The normalized spacial score (nSPS) is 14.8. The highest BCUT2D eigenvalue weighted by Gasteiger charge is 2.36. The smallest absolute Gasteiger partial charge is 0.339 e. The van der Waals surface area contributed by atoms with Gasteiger partial charge in [0.05, 0.1) is 5.56 Å². The molecule has 0 fully saturated rings. The average molecular weight is 222 g/mol. The van der Waals surface area contributed by atoms with E-state index in [-0.39, 0.29) is 5.97 Å². The summed E-state index contributed by atoms with van der Waals surface area (Å²) in [6, 6.07) is 7.50. The molecule has 0 saturated carbocycles. The van der Waals surface area contributed by atoms with Crippen molar-refractivity contribution in [3.8, 4) is 0 Å². The first-order chi connectivity index (χ1) is 7.61. The molecule has 1 aromatic rings. The van der Waals surface area contributed by atoms with Crippen molar-refractivity contribution in [2.75, 3.05) is 0 Å². The Morgan fingerprint density at radius 3 is 2.00 bits per heavy atom. The topological polar surface area (TPSA) is 26.3 Å². The number of fused-ring (bicyclic) bond motifs is 1. The van der Waals surface area contributed by atoms with Gasteiger partial charge in [-0.1, -0.05) is 45.9 Å². The lowest BCUT2D eigenvalue weighted by Crippen LogP contribution is -2.15. The molecule has 0 amide bonds. The van der Waals surface area contributed by atoms with Gasteiger partial charge in [-0.2, -0.15) is 0 Å². The predicted molar refractivity (Wildman–Crippen MR) is 67.6 cm³/mol. The second-order valence-corrected chi connectivity index (χ2v) is 3.45. The van der Waals surface area contributed by atoms with E-state index < -0.39 is 5.60 Å². The van der Waals surface area contributed by atoms with Gasteiger partial charge in [-0.3, -0.25) is 0 Å². The minimum atomic E-state index is -0.451. The number of cyclic esters (lactones) is 1. The highest BCUT2D eigenvalue weighted by Crippen LogP contribution is 2.34. The lowest BCUT2D eigenvalue weighted by atomic mass is 9.96. The zero-order chi connectivity index (χ0) is 12.8. The molecule has 0 N–H and O–H groups in total. The van der Waals surface area contributed by atoms with Crippen molar-refractivity contribution < 1.29 is 9.53 Å². The Morgan fingerprint density at radius 1 is 1.00 bits per heavy atom. The van der Waals surface area contributed by atoms with Crippen molar-refractivity contribution in [2.45, 2.75) is 47.1 Å². The van der Waals surface area contributed by atoms with Gasteiger partial charge in [0.25, 0.3) is 0 Å². The maximum absolute atomic E-state index is 11.3. The van der Waals surface area contributed by atoms with Crippen LogP contribution in [0.4, 0.5) is 0 Å². The molecule has 90 valence electrons. The molecule has 0 bridgehead atoms. The third kappa shape index (κ3) is 2.84. The van der Waals surface area contributed by atoms with Crippen LogP contribution in [0.2, 0.25) is 0 Å². The van der Waals surface area contributed by atoms with Gasteiger partial charge in [0.15, 0.2) is 0 Å². The van der Waals surface area contributed by atoms with Crippen molar-refractivity contribution in [1.29, 1.82) is 0 Å². The van der Waals surface area contributed by atoms with Crippen LogP contribution in [0.15, 0.2) is 24.3 Å². The van der Waals surface area contributed by atoms with Crippen molar-refractivity contribution in [3.63, 3.8) is 0 Å². The third-order valence-electron chi connectivity index (χ3n) is 2.14. The quantitative estimate of drug-likeness (QED) is 0.616. The van der Waals surface area contributed by atoms with E-state index in [1.54, 1.807) is 6.07 Å². The SMILES string of the molecule is CC.CC.CC1(C)OC(=O)c2ccccc21. The first-order valence-corrected chi connectivity index (χ1v) is 5.94. The summed E-state index contributed by atoms with van der Waals surface area (Å²) in [5.41, 5.74) is 1.23. The molecule has 0 atom stereocenters. The first-order valence-electron chi connectivity index (χ1n) is 5.94. The molecular formula is C14H22O2. The number of ether oxygens (including phenoxy) is 1. The highest BCUT2D eigenvalue weighted by molar-refractivity contribution is 5.94. The fourth-order valence-corrected chi connectivity index (χ4v) is 1.53. The molecule has 0 aromatic heterocycles. The van der Waals surface area contributed by atoms with Gasteiger partial charge in [0.1, 0.15) is 5.60 Å². The van der Waals surface area contributed by atoms with Crippen LogP contribution in [-0.2, 0) is 10.3 Å². The van der Waals surface area contributed by atoms with Crippen LogP contribution >= 0.6 is 0 Å². The Balaban J connectivity index is 0.000000509. The molecule has 2 nitrogen and oxygen atoms in total. The molecular weight excluding hydrogens is 200 g/mol. The lowest BCUT2D eigenvalue weighted by molar-refractivity contribution is 0.00954. The van der Waals surface area contributed by atoms with Gasteiger partial charge in [-0.15, -0.1) is 0 Å². The molecule has 0 radical (unpaired) electrons. The summed E-state index contributed by atoms with van der Waals surface area (Å²) in [5, 5.41) is 0. The minimum absolute atomic E-state index is 0.212. The van der Waals surface area contributed by atoms with Crippen LogP contribution in [0.5, 0.6) is 0 Å². The largest absolute Gasteiger partial charge is 0.451 e. The second kappa shape index (κ2) is 6.31. The summed E-state index contributed by atoms with van der Waals surface area (Å²) >= 11 is 0. The van der Waals surface area contributed by atoms with Gasteiger partial charge >= 0.3 is 5.97 Å². The molecule has 2 heteroatoms. The van der Waals surface area contributed by atoms with Gasteiger partial charge in [0.2, 0.25) is 0 Å². The van der Waals surface area contributed by atoms with Crippen molar-refractivity contribution >= 4 is 5.97 Å². The zero-order valence-corrected chi connectivity index (χ0v) is 11.1. The molecule has 0 spiro atoms. The van der Waals surface area contributed by atoms with Crippen LogP contribution in [0.1, 0.15) is 57.5 Å².